The lowest BCUT2D eigenvalue weighted by Crippen LogP contribution is -2.44. The van der Waals surface area contributed by atoms with E-state index in [1.165, 1.54) is 0 Å². The molecule has 0 spiro atoms. The first-order chi connectivity index (χ1) is 9.58. The fourth-order valence-corrected chi connectivity index (χ4v) is 2.66. The molecule has 1 fully saturated rings. The molecule has 0 aliphatic carbocycles. The highest BCUT2D eigenvalue weighted by Gasteiger charge is 2.31. The zero-order valence-electron chi connectivity index (χ0n) is 12.2. The second kappa shape index (κ2) is 6.86. The van der Waals surface area contributed by atoms with Crippen LogP contribution in [0.25, 0.3) is 0 Å². The molecule has 1 aromatic rings. The minimum Gasteiger partial charge on any atom is -0.393 e. The van der Waals surface area contributed by atoms with E-state index >= 15 is 0 Å². The number of likely N-dealkylation sites (tertiary alicyclic amines) is 1. The van der Waals surface area contributed by atoms with Crippen molar-refractivity contribution in [2.75, 3.05) is 13.1 Å². The molecule has 110 valence electrons. The van der Waals surface area contributed by atoms with E-state index in [1.54, 1.807) is 0 Å². The summed E-state index contributed by atoms with van der Waals surface area (Å²) >= 11 is 0. The van der Waals surface area contributed by atoms with E-state index in [0.717, 1.165) is 25.1 Å². The van der Waals surface area contributed by atoms with Crippen LogP contribution in [0.1, 0.15) is 25.8 Å². The Morgan fingerprint density at radius 2 is 2.10 bits per heavy atom. The molecule has 1 saturated heterocycles. The smallest absolute Gasteiger partial charge is 0.237 e. The van der Waals surface area contributed by atoms with Gasteiger partial charge in [0.15, 0.2) is 0 Å². The number of aliphatic hydroxyl groups is 1. The number of carbonyl (C=O) groups excluding carboxylic acids is 1. The van der Waals surface area contributed by atoms with Crippen molar-refractivity contribution >= 4 is 5.91 Å². The van der Waals surface area contributed by atoms with Crippen LogP contribution >= 0.6 is 0 Å². The number of rotatable bonds is 5. The van der Waals surface area contributed by atoms with Crippen molar-refractivity contribution in [1.29, 1.82) is 0 Å². The van der Waals surface area contributed by atoms with Gasteiger partial charge in [-0.05, 0) is 38.3 Å². The van der Waals surface area contributed by atoms with Gasteiger partial charge >= 0.3 is 0 Å². The summed E-state index contributed by atoms with van der Waals surface area (Å²) in [5.41, 5.74) is 1.11. The minimum atomic E-state index is -0.292. The van der Waals surface area contributed by atoms with Crippen molar-refractivity contribution in [2.45, 2.75) is 39.0 Å². The van der Waals surface area contributed by atoms with Crippen LogP contribution in [0.15, 0.2) is 30.3 Å². The number of hydrogen-bond donors (Lipinski definition) is 2. The molecule has 4 nitrogen and oxygen atoms in total. The normalized spacial score (nSPS) is 22.4. The van der Waals surface area contributed by atoms with E-state index in [0.29, 0.717) is 12.5 Å². The molecular formula is C16H24N2O2. The van der Waals surface area contributed by atoms with Crippen LogP contribution in [-0.4, -0.2) is 41.1 Å². The van der Waals surface area contributed by atoms with Crippen LogP contribution in [0.5, 0.6) is 0 Å². The fourth-order valence-electron chi connectivity index (χ4n) is 2.66. The number of hydrogen-bond acceptors (Lipinski definition) is 3. The van der Waals surface area contributed by atoms with Crippen LogP contribution in [0, 0.1) is 5.92 Å². The molecule has 4 heteroatoms. The molecule has 0 radical (unpaired) electrons. The Bertz CT molecular complexity index is 433. The predicted molar refractivity (Wildman–Crippen MR) is 79.1 cm³/mol. The fraction of sp³-hybridized carbons (Fsp3) is 0.562. The first-order valence-corrected chi connectivity index (χ1v) is 7.31. The summed E-state index contributed by atoms with van der Waals surface area (Å²) < 4.78 is 0. The molecule has 1 heterocycles. The van der Waals surface area contributed by atoms with Gasteiger partial charge in [-0.15, -0.1) is 0 Å². The zero-order chi connectivity index (χ0) is 14.5. The second-order valence-corrected chi connectivity index (χ2v) is 5.66. The Balaban J connectivity index is 1.81. The molecule has 2 rings (SSSR count). The number of carbonyl (C=O) groups is 1. The van der Waals surface area contributed by atoms with Gasteiger partial charge in [-0.3, -0.25) is 9.69 Å². The van der Waals surface area contributed by atoms with Gasteiger partial charge in [0.05, 0.1) is 12.1 Å². The highest BCUT2D eigenvalue weighted by Crippen LogP contribution is 2.21. The summed E-state index contributed by atoms with van der Waals surface area (Å²) in [6.07, 6.45) is 0.674. The summed E-state index contributed by atoms with van der Waals surface area (Å²) in [4.78, 5) is 14.3. The third kappa shape index (κ3) is 3.81. The largest absolute Gasteiger partial charge is 0.393 e. The quantitative estimate of drug-likeness (QED) is 0.854. The third-order valence-electron chi connectivity index (χ3n) is 4.18. The Morgan fingerprint density at radius 3 is 2.70 bits per heavy atom. The molecule has 3 unspecified atom stereocenters. The van der Waals surface area contributed by atoms with Gasteiger partial charge in [0.1, 0.15) is 0 Å². The molecule has 0 aromatic heterocycles. The summed E-state index contributed by atoms with van der Waals surface area (Å²) in [5.74, 6) is 0.347. The maximum atomic E-state index is 12.2. The number of amides is 1. The van der Waals surface area contributed by atoms with E-state index in [2.05, 4.69) is 10.2 Å². The van der Waals surface area contributed by atoms with E-state index in [1.807, 2.05) is 44.2 Å². The summed E-state index contributed by atoms with van der Waals surface area (Å²) in [5, 5.41) is 12.6. The van der Waals surface area contributed by atoms with E-state index in [4.69, 9.17) is 0 Å². The molecule has 0 saturated carbocycles. The molecule has 20 heavy (non-hydrogen) atoms. The monoisotopic (exact) mass is 276 g/mol. The first-order valence-electron chi connectivity index (χ1n) is 7.31. The topological polar surface area (TPSA) is 52.6 Å². The van der Waals surface area contributed by atoms with E-state index in [9.17, 15) is 9.90 Å². The predicted octanol–water partition coefficient (Wildman–Crippen LogP) is 1.39. The molecule has 3 atom stereocenters. The van der Waals surface area contributed by atoms with E-state index in [-0.39, 0.29) is 18.1 Å². The number of nitrogens with zero attached hydrogens (tertiary/aromatic N) is 1. The van der Waals surface area contributed by atoms with Crippen LogP contribution < -0.4 is 5.32 Å². The molecule has 2 N–H and O–H groups in total. The zero-order valence-corrected chi connectivity index (χ0v) is 12.2. The SMILES string of the molecule is CC(O)C1CCN(C(C)C(=O)NCc2ccccc2)C1. The number of nitrogens with one attached hydrogen (secondary N) is 1. The van der Waals surface area contributed by atoms with Gasteiger partial charge in [0, 0.05) is 13.1 Å². The highest BCUT2D eigenvalue weighted by molar-refractivity contribution is 5.81. The third-order valence-corrected chi connectivity index (χ3v) is 4.18. The number of benzene rings is 1. The maximum Gasteiger partial charge on any atom is 0.237 e. The maximum absolute atomic E-state index is 12.2. The average Bonchev–Trinajstić information content (AvgIpc) is 2.95. The molecule has 1 aliphatic rings. The first kappa shape index (κ1) is 15.0. The van der Waals surface area contributed by atoms with Gasteiger partial charge in [-0.2, -0.15) is 0 Å². The molecule has 0 bridgehead atoms. The summed E-state index contributed by atoms with van der Waals surface area (Å²) in [6.45, 7) is 6.02. The van der Waals surface area contributed by atoms with Crippen LogP contribution in [0.4, 0.5) is 0 Å². The minimum absolute atomic E-state index is 0.0556. The van der Waals surface area contributed by atoms with Gasteiger partial charge in [0.2, 0.25) is 5.91 Å². The van der Waals surface area contributed by atoms with Crippen LogP contribution in [0.3, 0.4) is 0 Å². The summed E-state index contributed by atoms with van der Waals surface area (Å²) in [6, 6.07) is 9.78. The van der Waals surface area contributed by atoms with Crippen molar-refractivity contribution in [3.63, 3.8) is 0 Å². The summed E-state index contributed by atoms with van der Waals surface area (Å²) in [7, 11) is 0. The lowest BCUT2D eigenvalue weighted by atomic mass is 10.0. The van der Waals surface area contributed by atoms with Crippen molar-refractivity contribution in [1.82, 2.24) is 10.2 Å². The van der Waals surface area contributed by atoms with Crippen molar-refractivity contribution in [3.05, 3.63) is 35.9 Å². The Kier molecular flexibility index (Phi) is 5.15. The van der Waals surface area contributed by atoms with Gasteiger partial charge in [-0.25, -0.2) is 0 Å². The average molecular weight is 276 g/mol. The van der Waals surface area contributed by atoms with Crippen LogP contribution in [-0.2, 0) is 11.3 Å². The van der Waals surface area contributed by atoms with Crippen LogP contribution in [0.2, 0.25) is 0 Å². The Hall–Kier alpha value is -1.39. The lowest BCUT2D eigenvalue weighted by molar-refractivity contribution is -0.125. The Labute approximate surface area is 120 Å². The highest BCUT2D eigenvalue weighted by atomic mass is 16.3. The van der Waals surface area contributed by atoms with Crippen molar-refractivity contribution in [3.8, 4) is 0 Å². The molecule has 1 aromatic carbocycles. The van der Waals surface area contributed by atoms with Gasteiger partial charge < -0.3 is 10.4 Å². The van der Waals surface area contributed by atoms with Crippen molar-refractivity contribution < 1.29 is 9.90 Å². The lowest BCUT2D eigenvalue weighted by Gasteiger charge is -2.24. The van der Waals surface area contributed by atoms with Gasteiger partial charge in [-0.1, -0.05) is 30.3 Å². The van der Waals surface area contributed by atoms with E-state index < -0.39 is 0 Å². The Morgan fingerprint density at radius 1 is 1.40 bits per heavy atom. The second-order valence-electron chi connectivity index (χ2n) is 5.66. The van der Waals surface area contributed by atoms with Gasteiger partial charge in [0.25, 0.3) is 0 Å². The van der Waals surface area contributed by atoms with Crippen molar-refractivity contribution in [2.24, 2.45) is 5.92 Å². The number of aliphatic hydroxyl groups excluding tert-OH is 1. The molecular weight excluding hydrogens is 252 g/mol. The standard InChI is InChI=1S/C16H24N2O2/c1-12(18-9-8-15(11-18)13(2)19)16(20)17-10-14-6-4-3-5-7-14/h3-7,12-13,15,19H,8-11H2,1-2H3,(H,17,20). The molecule has 1 aliphatic heterocycles. The molecule has 1 amide bonds.